The van der Waals surface area contributed by atoms with Crippen LogP contribution in [0.1, 0.15) is 24.0 Å². The second-order valence-corrected chi connectivity index (χ2v) is 7.97. The molecule has 1 heterocycles. The van der Waals surface area contributed by atoms with Crippen molar-refractivity contribution in [1.82, 2.24) is 4.31 Å². The summed E-state index contributed by atoms with van der Waals surface area (Å²) in [6.07, 6.45) is 2.30. The number of nitrogens with one attached hydrogen (secondary N) is 1. The number of carbonyl (C=O) groups is 1. The maximum absolute atomic E-state index is 12.4. The van der Waals surface area contributed by atoms with Crippen molar-refractivity contribution in [1.29, 1.82) is 0 Å². The second-order valence-electron chi connectivity index (χ2n) is 5.99. The molecule has 0 aromatic heterocycles. The van der Waals surface area contributed by atoms with Crippen molar-refractivity contribution in [3.63, 3.8) is 0 Å². The summed E-state index contributed by atoms with van der Waals surface area (Å²) in [6, 6.07) is 3.68. The van der Waals surface area contributed by atoms with Gasteiger partial charge < -0.3 is 10.1 Å². The molecule has 6 nitrogen and oxygen atoms in total. The number of piperidine rings is 1. The third kappa shape index (κ3) is 4.03. The Morgan fingerprint density at radius 3 is 2.35 bits per heavy atom. The van der Waals surface area contributed by atoms with E-state index >= 15 is 0 Å². The SMILES string of the molecule is COc1ccc(NC(=O)C2CCN(S(C)(=O)=O)CC2)c(C)c1C. The summed E-state index contributed by atoms with van der Waals surface area (Å²) in [5.41, 5.74) is 2.75. The number of anilines is 1. The standard InChI is InChI=1S/C16H24N2O4S/c1-11-12(2)15(22-3)6-5-14(11)17-16(19)13-7-9-18(10-8-13)23(4,20)21/h5-6,13H,7-10H2,1-4H3,(H,17,19). The maximum atomic E-state index is 12.4. The van der Waals surface area contributed by atoms with Gasteiger partial charge in [0.15, 0.2) is 0 Å². The highest BCUT2D eigenvalue weighted by atomic mass is 32.2. The number of methoxy groups -OCH3 is 1. The van der Waals surface area contributed by atoms with E-state index in [1.54, 1.807) is 7.11 Å². The van der Waals surface area contributed by atoms with Crippen LogP contribution in [0.25, 0.3) is 0 Å². The maximum Gasteiger partial charge on any atom is 0.227 e. The van der Waals surface area contributed by atoms with E-state index in [2.05, 4.69) is 5.32 Å². The van der Waals surface area contributed by atoms with Crippen LogP contribution in [0, 0.1) is 19.8 Å². The molecule has 1 aliphatic rings. The second kappa shape index (κ2) is 6.88. The summed E-state index contributed by atoms with van der Waals surface area (Å²) in [5.74, 6) is 0.586. The lowest BCUT2D eigenvalue weighted by atomic mass is 9.96. The molecule has 0 atom stereocenters. The number of rotatable bonds is 4. The zero-order valence-corrected chi connectivity index (χ0v) is 14.9. The Balaban J connectivity index is 2.02. The van der Waals surface area contributed by atoms with Crippen molar-refractivity contribution < 1.29 is 17.9 Å². The summed E-state index contributed by atoms with van der Waals surface area (Å²) in [4.78, 5) is 12.4. The van der Waals surface area contributed by atoms with E-state index in [0.29, 0.717) is 25.9 Å². The summed E-state index contributed by atoms with van der Waals surface area (Å²) >= 11 is 0. The third-order valence-corrected chi connectivity index (χ3v) is 5.81. The Morgan fingerprint density at radius 2 is 1.83 bits per heavy atom. The number of nitrogens with zero attached hydrogens (tertiary/aromatic N) is 1. The monoisotopic (exact) mass is 340 g/mol. The fourth-order valence-corrected chi connectivity index (χ4v) is 3.71. The van der Waals surface area contributed by atoms with Gasteiger partial charge in [-0.1, -0.05) is 0 Å². The smallest absolute Gasteiger partial charge is 0.227 e. The highest BCUT2D eigenvalue weighted by molar-refractivity contribution is 7.88. The first kappa shape index (κ1) is 17.7. The molecular weight excluding hydrogens is 316 g/mol. The lowest BCUT2D eigenvalue weighted by Crippen LogP contribution is -2.40. The fraction of sp³-hybridized carbons (Fsp3) is 0.562. The number of ether oxygens (including phenoxy) is 1. The van der Waals surface area contributed by atoms with Crippen LogP contribution in [-0.4, -0.2) is 45.1 Å². The summed E-state index contributed by atoms with van der Waals surface area (Å²) < 4.78 is 29.7. The molecule has 1 fully saturated rings. The van der Waals surface area contributed by atoms with Crippen molar-refractivity contribution in [3.8, 4) is 5.75 Å². The number of benzene rings is 1. The van der Waals surface area contributed by atoms with Crippen LogP contribution in [0.3, 0.4) is 0 Å². The first-order chi connectivity index (χ1) is 10.7. The molecule has 0 aliphatic carbocycles. The van der Waals surface area contributed by atoms with E-state index in [0.717, 1.165) is 22.6 Å². The van der Waals surface area contributed by atoms with Crippen molar-refractivity contribution in [2.45, 2.75) is 26.7 Å². The lowest BCUT2D eigenvalue weighted by Gasteiger charge is -2.29. The highest BCUT2D eigenvalue weighted by Gasteiger charge is 2.29. The molecule has 0 spiro atoms. The number of sulfonamides is 1. The van der Waals surface area contributed by atoms with Crippen LogP contribution >= 0.6 is 0 Å². The van der Waals surface area contributed by atoms with Crippen LogP contribution in [0.2, 0.25) is 0 Å². The minimum atomic E-state index is -3.17. The molecule has 1 amide bonds. The van der Waals surface area contributed by atoms with E-state index in [1.165, 1.54) is 10.6 Å². The topological polar surface area (TPSA) is 75.7 Å². The van der Waals surface area contributed by atoms with Crippen LogP contribution in [0.4, 0.5) is 5.69 Å². The molecule has 128 valence electrons. The lowest BCUT2D eigenvalue weighted by molar-refractivity contribution is -0.120. The molecule has 2 rings (SSSR count). The normalized spacial score (nSPS) is 17.0. The average molecular weight is 340 g/mol. The number of hydrogen-bond acceptors (Lipinski definition) is 4. The minimum absolute atomic E-state index is 0.0502. The van der Waals surface area contributed by atoms with Gasteiger partial charge in [-0.15, -0.1) is 0 Å². The molecule has 1 N–H and O–H groups in total. The minimum Gasteiger partial charge on any atom is -0.496 e. The van der Waals surface area contributed by atoms with Gasteiger partial charge in [0, 0.05) is 24.7 Å². The van der Waals surface area contributed by atoms with Crippen LogP contribution in [0.15, 0.2) is 12.1 Å². The molecular formula is C16H24N2O4S. The molecule has 0 saturated carbocycles. The van der Waals surface area contributed by atoms with Gasteiger partial charge >= 0.3 is 0 Å². The van der Waals surface area contributed by atoms with Gasteiger partial charge in [0.2, 0.25) is 15.9 Å². The van der Waals surface area contributed by atoms with E-state index in [9.17, 15) is 13.2 Å². The summed E-state index contributed by atoms with van der Waals surface area (Å²) in [6.45, 7) is 4.70. The molecule has 1 saturated heterocycles. The van der Waals surface area contributed by atoms with Gasteiger partial charge in [0.05, 0.1) is 13.4 Å². The van der Waals surface area contributed by atoms with Gasteiger partial charge in [0.25, 0.3) is 0 Å². The van der Waals surface area contributed by atoms with Crippen molar-refractivity contribution in [2.24, 2.45) is 5.92 Å². The van der Waals surface area contributed by atoms with Crippen LogP contribution < -0.4 is 10.1 Å². The first-order valence-corrected chi connectivity index (χ1v) is 9.49. The van der Waals surface area contributed by atoms with Crippen LogP contribution in [-0.2, 0) is 14.8 Å². The van der Waals surface area contributed by atoms with Gasteiger partial charge in [-0.2, -0.15) is 0 Å². The Morgan fingerprint density at radius 1 is 1.22 bits per heavy atom. The largest absolute Gasteiger partial charge is 0.496 e. The molecule has 0 radical (unpaired) electrons. The van der Waals surface area contributed by atoms with Gasteiger partial charge in [-0.3, -0.25) is 4.79 Å². The molecule has 7 heteroatoms. The van der Waals surface area contributed by atoms with Crippen molar-refractivity contribution in [2.75, 3.05) is 31.8 Å². The Labute approximate surface area is 137 Å². The van der Waals surface area contributed by atoms with Gasteiger partial charge in [0.1, 0.15) is 5.75 Å². The van der Waals surface area contributed by atoms with Crippen molar-refractivity contribution >= 4 is 21.6 Å². The van der Waals surface area contributed by atoms with Gasteiger partial charge in [-0.25, -0.2) is 12.7 Å². The fourth-order valence-electron chi connectivity index (χ4n) is 2.84. The highest BCUT2D eigenvalue weighted by Crippen LogP contribution is 2.28. The Bertz CT molecular complexity index is 692. The first-order valence-electron chi connectivity index (χ1n) is 7.64. The molecule has 1 aromatic carbocycles. The quantitative estimate of drug-likeness (QED) is 0.908. The predicted octanol–water partition coefficient (Wildman–Crippen LogP) is 1.92. The molecule has 0 bridgehead atoms. The van der Waals surface area contributed by atoms with E-state index < -0.39 is 10.0 Å². The number of amides is 1. The summed E-state index contributed by atoms with van der Waals surface area (Å²) in [5, 5.41) is 2.96. The average Bonchev–Trinajstić information content (AvgIpc) is 2.51. The summed E-state index contributed by atoms with van der Waals surface area (Å²) in [7, 11) is -1.55. The number of carbonyl (C=O) groups excluding carboxylic acids is 1. The van der Waals surface area contributed by atoms with E-state index in [1.807, 2.05) is 26.0 Å². The molecule has 23 heavy (non-hydrogen) atoms. The molecule has 0 unspecified atom stereocenters. The molecule has 1 aliphatic heterocycles. The van der Waals surface area contributed by atoms with E-state index in [4.69, 9.17) is 4.74 Å². The molecule has 1 aromatic rings. The van der Waals surface area contributed by atoms with Gasteiger partial charge in [-0.05, 0) is 49.9 Å². The van der Waals surface area contributed by atoms with Crippen LogP contribution in [0.5, 0.6) is 5.75 Å². The zero-order chi connectivity index (χ0) is 17.2. The van der Waals surface area contributed by atoms with E-state index in [-0.39, 0.29) is 11.8 Å². The Kier molecular flexibility index (Phi) is 5.31. The zero-order valence-electron chi connectivity index (χ0n) is 14.0. The third-order valence-electron chi connectivity index (χ3n) is 4.51. The Hall–Kier alpha value is -1.60. The predicted molar refractivity (Wildman–Crippen MR) is 90.2 cm³/mol. The van der Waals surface area contributed by atoms with Crippen molar-refractivity contribution in [3.05, 3.63) is 23.3 Å². The number of hydrogen-bond donors (Lipinski definition) is 1.